The number of benzene rings is 1. The van der Waals surface area contributed by atoms with E-state index in [1.807, 2.05) is 31.2 Å². The number of sulfonamides is 1. The van der Waals surface area contributed by atoms with Crippen LogP contribution in [0, 0.1) is 0 Å². The Morgan fingerprint density at radius 2 is 2.05 bits per heavy atom. The predicted molar refractivity (Wildman–Crippen MR) is 78.8 cm³/mol. The minimum Gasteiger partial charge on any atom is -0.329 e. The molecular formula is C14H22N2O2S. The molecular weight excluding hydrogens is 260 g/mol. The summed E-state index contributed by atoms with van der Waals surface area (Å²) in [5.74, 6) is 0. The van der Waals surface area contributed by atoms with Crippen LogP contribution in [0.2, 0.25) is 0 Å². The first-order valence-electron chi connectivity index (χ1n) is 6.90. The SMILES string of the molecule is CCC(CN)S(=O)(=O)N1CCCCc2ccccc21. The molecule has 2 rings (SSSR count). The van der Waals surface area contributed by atoms with Crippen LogP contribution >= 0.6 is 0 Å². The van der Waals surface area contributed by atoms with Crippen molar-refractivity contribution in [3.8, 4) is 0 Å². The van der Waals surface area contributed by atoms with E-state index in [4.69, 9.17) is 5.73 Å². The third-order valence-corrected chi connectivity index (χ3v) is 6.13. The van der Waals surface area contributed by atoms with Crippen molar-refractivity contribution >= 4 is 15.7 Å². The van der Waals surface area contributed by atoms with Gasteiger partial charge in [-0.05, 0) is 37.3 Å². The summed E-state index contributed by atoms with van der Waals surface area (Å²) in [7, 11) is -3.35. The van der Waals surface area contributed by atoms with Crippen LogP contribution in [-0.2, 0) is 16.4 Å². The van der Waals surface area contributed by atoms with Crippen molar-refractivity contribution in [3.05, 3.63) is 29.8 Å². The highest BCUT2D eigenvalue weighted by Crippen LogP contribution is 2.30. The van der Waals surface area contributed by atoms with Crippen molar-refractivity contribution in [3.63, 3.8) is 0 Å². The number of fused-ring (bicyclic) bond motifs is 1. The summed E-state index contributed by atoms with van der Waals surface area (Å²) in [6.45, 7) is 2.62. The van der Waals surface area contributed by atoms with E-state index in [0.717, 1.165) is 30.5 Å². The molecule has 1 atom stereocenters. The molecule has 0 aromatic heterocycles. The summed E-state index contributed by atoms with van der Waals surface area (Å²) in [4.78, 5) is 0. The lowest BCUT2D eigenvalue weighted by atomic mass is 10.1. The van der Waals surface area contributed by atoms with E-state index in [2.05, 4.69) is 0 Å². The van der Waals surface area contributed by atoms with Crippen molar-refractivity contribution in [1.82, 2.24) is 0 Å². The molecule has 0 bridgehead atoms. The zero-order valence-corrected chi connectivity index (χ0v) is 12.2. The molecule has 1 heterocycles. The van der Waals surface area contributed by atoms with Crippen LogP contribution in [0.25, 0.3) is 0 Å². The van der Waals surface area contributed by atoms with Crippen LogP contribution in [0.5, 0.6) is 0 Å². The van der Waals surface area contributed by atoms with Crippen molar-refractivity contribution in [1.29, 1.82) is 0 Å². The van der Waals surface area contributed by atoms with E-state index in [1.165, 1.54) is 0 Å². The molecule has 1 aromatic carbocycles. The van der Waals surface area contributed by atoms with Gasteiger partial charge in [-0.25, -0.2) is 8.42 Å². The third kappa shape index (κ3) is 2.77. The van der Waals surface area contributed by atoms with Gasteiger partial charge in [0.2, 0.25) is 10.0 Å². The van der Waals surface area contributed by atoms with Crippen LogP contribution in [0.15, 0.2) is 24.3 Å². The Hall–Kier alpha value is -1.07. The van der Waals surface area contributed by atoms with Gasteiger partial charge in [0.25, 0.3) is 0 Å². The molecule has 2 N–H and O–H groups in total. The second-order valence-electron chi connectivity index (χ2n) is 4.97. The van der Waals surface area contributed by atoms with Gasteiger partial charge < -0.3 is 5.73 Å². The minimum atomic E-state index is -3.35. The summed E-state index contributed by atoms with van der Waals surface area (Å²) < 4.78 is 27.0. The highest BCUT2D eigenvalue weighted by molar-refractivity contribution is 7.93. The molecule has 106 valence electrons. The van der Waals surface area contributed by atoms with Gasteiger partial charge in [0.05, 0.1) is 10.9 Å². The summed E-state index contributed by atoms with van der Waals surface area (Å²) in [6.07, 6.45) is 3.43. The number of hydrogen-bond donors (Lipinski definition) is 1. The standard InChI is InChI=1S/C14H22N2O2S/c1-2-13(11-15)19(17,18)16-10-6-5-8-12-7-3-4-9-14(12)16/h3-4,7,9,13H,2,5-6,8,10-11,15H2,1H3. The summed E-state index contributed by atoms with van der Waals surface area (Å²) in [5.41, 5.74) is 7.59. The number of aryl methyl sites for hydroxylation is 1. The molecule has 0 saturated carbocycles. The normalized spacial score (nSPS) is 17.7. The number of nitrogens with two attached hydrogens (primary N) is 1. The number of anilines is 1. The molecule has 1 unspecified atom stereocenters. The zero-order chi connectivity index (χ0) is 13.9. The first-order valence-corrected chi connectivity index (χ1v) is 8.41. The lowest BCUT2D eigenvalue weighted by Gasteiger charge is -2.28. The van der Waals surface area contributed by atoms with Crippen LogP contribution in [0.1, 0.15) is 31.7 Å². The van der Waals surface area contributed by atoms with Gasteiger partial charge in [0, 0.05) is 13.1 Å². The van der Waals surface area contributed by atoms with E-state index in [0.29, 0.717) is 13.0 Å². The van der Waals surface area contributed by atoms with E-state index in [1.54, 1.807) is 4.31 Å². The molecule has 0 spiro atoms. The summed E-state index contributed by atoms with van der Waals surface area (Å²) in [5, 5.41) is -0.487. The second kappa shape index (κ2) is 5.92. The van der Waals surface area contributed by atoms with Gasteiger partial charge in [0.15, 0.2) is 0 Å². The van der Waals surface area contributed by atoms with Crippen LogP contribution in [0.3, 0.4) is 0 Å². The fourth-order valence-corrected chi connectivity index (χ4v) is 4.46. The molecule has 1 aliphatic heterocycles. The molecule has 0 radical (unpaired) electrons. The first kappa shape index (κ1) is 14.3. The highest BCUT2D eigenvalue weighted by atomic mass is 32.2. The Morgan fingerprint density at radius 3 is 2.74 bits per heavy atom. The van der Waals surface area contributed by atoms with Crippen molar-refractivity contribution < 1.29 is 8.42 Å². The highest BCUT2D eigenvalue weighted by Gasteiger charge is 2.31. The molecule has 4 nitrogen and oxygen atoms in total. The van der Waals surface area contributed by atoms with Crippen molar-refractivity contribution in [2.24, 2.45) is 5.73 Å². The topological polar surface area (TPSA) is 63.4 Å². The van der Waals surface area contributed by atoms with Gasteiger partial charge in [-0.2, -0.15) is 0 Å². The van der Waals surface area contributed by atoms with Crippen LogP contribution in [0.4, 0.5) is 5.69 Å². The van der Waals surface area contributed by atoms with Gasteiger partial charge in [-0.1, -0.05) is 25.1 Å². The molecule has 0 fully saturated rings. The van der Waals surface area contributed by atoms with Crippen LogP contribution in [-0.4, -0.2) is 26.8 Å². The Morgan fingerprint density at radius 1 is 1.32 bits per heavy atom. The van der Waals surface area contributed by atoms with Crippen molar-refractivity contribution in [2.45, 2.75) is 37.9 Å². The maximum absolute atomic E-state index is 12.7. The number of para-hydroxylation sites is 1. The van der Waals surface area contributed by atoms with Gasteiger partial charge in [0.1, 0.15) is 0 Å². The summed E-state index contributed by atoms with van der Waals surface area (Å²) in [6, 6.07) is 7.79. The molecule has 19 heavy (non-hydrogen) atoms. The molecule has 1 aliphatic rings. The Labute approximate surface area is 115 Å². The molecule has 0 saturated heterocycles. The van der Waals surface area contributed by atoms with Gasteiger partial charge >= 0.3 is 0 Å². The van der Waals surface area contributed by atoms with Crippen molar-refractivity contribution in [2.75, 3.05) is 17.4 Å². The Kier molecular flexibility index (Phi) is 4.47. The number of nitrogens with zero attached hydrogens (tertiary/aromatic N) is 1. The third-order valence-electron chi connectivity index (χ3n) is 3.76. The van der Waals surface area contributed by atoms with Crippen LogP contribution < -0.4 is 10.0 Å². The fraction of sp³-hybridized carbons (Fsp3) is 0.571. The smallest absolute Gasteiger partial charge is 0.239 e. The van der Waals surface area contributed by atoms with E-state index < -0.39 is 15.3 Å². The largest absolute Gasteiger partial charge is 0.329 e. The van der Waals surface area contributed by atoms with E-state index in [9.17, 15) is 8.42 Å². The average Bonchev–Trinajstić information content (AvgIpc) is 2.62. The maximum Gasteiger partial charge on any atom is 0.239 e. The lowest BCUT2D eigenvalue weighted by Crippen LogP contribution is -2.42. The zero-order valence-electron chi connectivity index (χ0n) is 11.4. The number of rotatable bonds is 4. The molecule has 5 heteroatoms. The number of hydrogen-bond acceptors (Lipinski definition) is 3. The second-order valence-corrected chi connectivity index (χ2v) is 7.11. The Balaban J connectivity index is 2.44. The Bertz CT molecular complexity index is 524. The van der Waals surface area contributed by atoms with Gasteiger partial charge in [-0.15, -0.1) is 0 Å². The first-order chi connectivity index (χ1) is 9.11. The van der Waals surface area contributed by atoms with E-state index in [-0.39, 0.29) is 6.54 Å². The quantitative estimate of drug-likeness (QED) is 0.917. The lowest BCUT2D eigenvalue weighted by molar-refractivity contribution is 0.569. The fourth-order valence-electron chi connectivity index (χ4n) is 2.60. The average molecular weight is 282 g/mol. The van der Waals surface area contributed by atoms with Gasteiger partial charge in [-0.3, -0.25) is 4.31 Å². The summed E-state index contributed by atoms with van der Waals surface area (Å²) >= 11 is 0. The van der Waals surface area contributed by atoms with E-state index >= 15 is 0 Å². The molecule has 1 aromatic rings. The molecule has 0 amide bonds. The minimum absolute atomic E-state index is 0.178. The molecule has 0 aliphatic carbocycles. The predicted octanol–water partition coefficient (Wildman–Crippen LogP) is 1.90. The maximum atomic E-state index is 12.7. The monoisotopic (exact) mass is 282 g/mol.